The predicted molar refractivity (Wildman–Crippen MR) is 103 cm³/mol. The monoisotopic (exact) mass is 358 g/mol. The third kappa shape index (κ3) is 3.58. The van der Waals surface area contributed by atoms with Crippen molar-refractivity contribution >= 4 is 28.6 Å². The summed E-state index contributed by atoms with van der Waals surface area (Å²) >= 11 is 1.99. The summed E-state index contributed by atoms with van der Waals surface area (Å²) in [6.07, 6.45) is 7.50. The van der Waals surface area contributed by atoms with Crippen LogP contribution < -0.4 is 5.73 Å². The van der Waals surface area contributed by atoms with Crippen LogP contribution in [0.3, 0.4) is 0 Å². The number of carbonyl (C=O) groups is 1. The van der Waals surface area contributed by atoms with Crippen LogP contribution in [0.1, 0.15) is 54.6 Å². The summed E-state index contributed by atoms with van der Waals surface area (Å²) in [6.45, 7) is 1.36. The van der Waals surface area contributed by atoms with E-state index in [1.165, 1.54) is 32.1 Å². The Morgan fingerprint density at radius 2 is 2.00 bits per heavy atom. The number of benzene rings is 1. The second-order valence-corrected chi connectivity index (χ2v) is 8.57. The molecule has 1 aliphatic heterocycles. The molecule has 1 saturated heterocycles. The van der Waals surface area contributed by atoms with E-state index in [1.54, 1.807) is 0 Å². The molecule has 0 bridgehead atoms. The Bertz CT molecular complexity index is 751. The molecular weight excluding hydrogens is 332 g/mol. The lowest BCUT2D eigenvalue weighted by molar-refractivity contribution is 0.0760. The topological polar surface area (TPSA) is 59.5 Å². The molecule has 1 saturated carbocycles. The molecule has 2 heterocycles. The number of hydrogen-bond acceptors (Lipinski definition) is 4. The van der Waals surface area contributed by atoms with E-state index in [2.05, 4.69) is 6.07 Å². The molecule has 1 atom stereocenters. The minimum atomic E-state index is 0.00314. The average Bonchev–Trinajstić information content (AvgIpc) is 3.24. The quantitative estimate of drug-likeness (QED) is 0.891. The van der Waals surface area contributed by atoms with Crippen molar-refractivity contribution in [3.63, 3.8) is 0 Å². The van der Waals surface area contributed by atoms with Crippen LogP contribution in [0.2, 0.25) is 0 Å². The highest BCUT2D eigenvalue weighted by molar-refractivity contribution is 7.99. The van der Waals surface area contributed by atoms with Gasteiger partial charge in [0.2, 0.25) is 0 Å². The molecule has 2 aliphatic rings. The van der Waals surface area contributed by atoms with Gasteiger partial charge in [-0.15, -0.1) is 0 Å². The molecule has 4 nitrogen and oxygen atoms in total. The van der Waals surface area contributed by atoms with Crippen molar-refractivity contribution in [3.8, 4) is 0 Å². The van der Waals surface area contributed by atoms with Crippen molar-refractivity contribution in [1.29, 1.82) is 0 Å². The minimum absolute atomic E-state index is 0.00314. The predicted octanol–water partition coefficient (Wildman–Crippen LogP) is 4.17. The van der Waals surface area contributed by atoms with E-state index >= 15 is 0 Å². The fourth-order valence-electron chi connectivity index (χ4n) is 3.96. The first kappa shape index (κ1) is 17.0. The molecule has 2 N–H and O–H groups in total. The Morgan fingerprint density at radius 3 is 2.76 bits per heavy atom. The summed E-state index contributed by atoms with van der Waals surface area (Å²) in [5, 5.41) is 1.79. The highest BCUT2D eigenvalue weighted by Crippen LogP contribution is 2.35. The van der Waals surface area contributed by atoms with E-state index in [1.807, 2.05) is 34.9 Å². The van der Waals surface area contributed by atoms with Crippen LogP contribution >= 0.6 is 11.8 Å². The fourth-order valence-corrected chi connectivity index (χ4v) is 5.32. The van der Waals surface area contributed by atoms with Crippen LogP contribution in [0.4, 0.5) is 0 Å². The molecule has 2 fully saturated rings. The summed E-state index contributed by atoms with van der Waals surface area (Å²) in [7, 11) is 0. The van der Waals surface area contributed by atoms with Crippen molar-refractivity contribution in [3.05, 3.63) is 35.6 Å². The molecule has 25 heavy (non-hydrogen) atoms. The zero-order chi connectivity index (χ0) is 17.2. The normalized spacial score (nSPS) is 22.0. The number of carbonyl (C=O) groups excluding carboxylic acids is 1. The molecule has 2 aromatic rings. The van der Waals surface area contributed by atoms with Crippen LogP contribution in [0.5, 0.6) is 0 Å². The number of thioether (sulfide) groups is 1. The van der Waals surface area contributed by atoms with E-state index in [0.717, 1.165) is 35.3 Å². The van der Waals surface area contributed by atoms with Gasteiger partial charge in [-0.25, -0.2) is 0 Å². The molecule has 1 amide bonds. The van der Waals surface area contributed by atoms with Gasteiger partial charge in [-0.2, -0.15) is 11.8 Å². The number of para-hydroxylation sites is 1. The maximum Gasteiger partial charge on any atom is 0.289 e. The fraction of sp³-hybridized carbons (Fsp3) is 0.550. The number of fused-ring (bicyclic) bond motifs is 1. The van der Waals surface area contributed by atoms with Crippen LogP contribution in [0.15, 0.2) is 28.7 Å². The lowest BCUT2D eigenvalue weighted by Crippen LogP contribution is -2.32. The van der Waals surface area contributed by atoms with Crippen LogP contribution in [0, 0.1) is 0 Å². The third-order valence-electron chi connectivity index (χ3n) is 5.42. The first-order valence-electron chi connectivity index (χ1n) is 9.39. The van der Waals surface area contributed by atoms with Gasteiger partial charge >= 0.3 is 0 Å². The molecule has 0 unspecified atom stereocenters. The van der Waals surface area contributed by atoms with Gasteiger partial charge in [-0.05, 0) is 25.3 Å². The number of amides is 1. The SMILES string of the molecule is N[C@@H]1CCN(C(=O)c2oc3ccccc3c2CSC2CCCCC2)C1. The number of hydrogen-bond donors (Lipinski definition) is 1. The standard InChI is InChI=1S/C20H26N2O2S/c21-14-10-11-22(12-14)20(23)19-17(13-25-15-6-2-1-3-7-15)16-8-4-5-9-18(16)24-19/h4-5,8-9,14-15H,1-3,6-7,10-13,21H2/t14-/m1/s1. The highest BCUT2D eigenvalue weighted by atomic mass is 32.2. The zero-order valence-corrected chi connectivity index (χ0v) is 15.4. The molecule has 5 heteroatoms. The third-order valence-corrected chi connectivity index (χ3v) is 6.82. The van der Waals surface area contributed by atoms with Crippen molar-refractivity contribution in [2.75, 3.05) is 13.1 Å². The summed E-state index contributed by atoms with van der Waals surface area (Å²) in [4.78, 5) is 14.8. The van der Waals surface area contributed by atoms with Crippen molar-refractivity contribution in [2.45, 2.75) is 55.6 Å². The summed E-state index contributed by atoms with van der Waals surface area (Å²) in [5.41, 5.74) is 7.86. The molecule has 0 spiro atoms. The van der Waals surface area contributed by atoms with E-state index in [4.69, 9.17) is 10.2 Å². The van der Waals surface area contributed by atoms with Crippen molar-refractivity contribution in [1.82, 2.24) is 4.90 Å². The summed E-state index contributed by atoms with van der Waals surface area (Å²) in [6, 6.07) is 8.10. The second-order valence-electron chi connectivity index (χ2n) is 7.28. The summed E-state index contributed by atoms with van der Waals surface area (Å²) < 4.78 is 6.00. The maximum absolute atomic E-state index is 13.0. The molecule has 134 valence electrons. The second kappa shape index (κ2) is 7.42. The van der Waals surface area contributed by atoms with Crippen LogP contribution in [-0.4, -0.2) is 35.2 Å². The van der Waals surface area contributed by atoms with Gasteiger partial charge in [0.15, 0.2) is 5.76 Å². The first-order chi connectivity index (χ1) is 12.2. The molecule has 4 rings (SSSR count). The van der Waals surface area contributed by atoms with Gasteiger partial charge in [-0.3, -0.25) is 4.79 Å². The Labute approximate surface area is 153 Å². The van der Waals surface area contributed by atoms with Crippen LogP contribution in [-0.2, 0) is 5.75 Å². The molecular formula is C20H26N2O2S. The van der Waals surface area contributed by atoms with Gasteiger partial charge in [-0.1, -0.05) is 37.5 Å². The van der Waals surface area contributed by atoms with E-state index in [0.29, 0.717) is 17.6 Å². The highest BCUT2D eigenvalue weighted by Gasteiger charge is 2.30. The number of likely N-dealkylation sites (tertiary alicyclic amines) is 1. The Balaban J connectivity index is 1.60. The lowest BCUT2D eigenvalue weighted by Gasteiger charge is -2.21. The molecule has 1 aromatic carbocycles. The Hall–Kier alpha value is -1.46. The smallest absolute Gasteiger partial charge is 0.289 e. The zero-order valence-electron chi connectivity index (χ0n) is 14.6. The van der Waals surface area contributed by atoms with Crippen molar-refractivity contribution < 1.29 is 9.21 Å². The van der Waals surface area contributed by atoms with Gasteiger partial charge < -0.3 is 15.1 Å². The molecule has 0 radical (unpaired) electrons. The average molecular weight is 359 g/mol. The summed E-state index contributed by atoms with van der Waals surface area (Å²) in [5.74, 6) is 1.38. The van der Waals surface area contributed by atoms with E-state index in [-0.39, 0.29) is 11.9 Å². The van der Waals surface area contributed by atoms with E-state index < -0.39 is 0 Å². The first-order valence-corrected chi connectivity index (χ1v) is 10.4. The van der Waals surface area contributed by atoms with Gasteiger partial charge in [0.25, 0.3) is 5.91 Å². The Kier molecular flexibility index (Phi) is 5.04. The Morgan fingerprint density at radius 1 is 1.20 bits per heavy atom. The van der Waals surface area contributed by atoms with E-state index in [9.17, 15) is 4.79 Å². The number of rotatable bonds is 4. The number of furan rings is 1. The van der Waals surface area contributed by atoms with Crippen molar-refractivity contribution in [2.24, 2.45) is 5.73 Å². The number of nitrogens with zero attached hydrogens (tertiary/aromatic N) is 1. The minimum Gasteiger partial charge on any atom is -0.451 e. The van der Waals surface area contributed by atoms with Gasteiger partial charge in [0.05, 0.1) is 0 Å². The largest absolute Gasteiger partial charge is 0.451 e. The maximum atomic E-state index is 13.0. The molecule has 1 aliphatic carbocycles. The van der Waals surface area contributed by atoms with Crippen LogP contribution in [0.25, 0.3) is 11.0 Å². The number of nitrogens with two attached hydrogens (primary N) is 1. The van der Waals surface area contributed by atoms with Gasteiger partial charge in [0, 0.05) is 41.1 Å². The molecule has 1 aromatic heterocycles. The lowest BCUT2D eigenvalue weighted by atomic mass is 10.0. The van der Waals surface area contributed by atoms with Gasteiger partial charge in [0.1, 0.15) is 5.58 Å².